The number of carbonyl (C=O) groups excluding carboxylic acids is 1. The molecule has 5 heteroatoms. The molecule has 1 aromatic rings. The molecule has 0 radical (unpaired) electrons. The highest BCUT2D eigenvalue weighted by Crippen LogP contribution is 2.05. The Balaban J connectivity index is 2.47. The minimum Gasteiger partial charge on any atom is -0.481 e. The van der Waals surface area contributed by atoms with Gasteiger partial charge >= 0.3 is 5.97 Å². The Morgan fingerprint density at radius 2 is 2.22 bits per heavy atom. The van der Waals surface area contributed by atoms with Crippen LogP contribution in [-0.2, 0) is 9.59 Å². The molecule has 18 heavy (non-hydrogen) atoms. The van der Waals surface area contributed by atoms with Gasteiger partial charge in [-0.1, -0.05) is 19.1 Å². The van der Waals surface area contributed by atoms with E-state index >= 15 is 0 Å². The predicted molar refractivity (Wildman–Crippen MR) is 65.2 cm³/mol. The van der Waals surface area contributed by atoms with Crippen LogP contribution in [-0.4, -0.2) is 23.5 Å². The molecule has 0 aliphatic heterocycles. The SMILES string of the molecule is CC(CNC(=O)C=Cc1cccc(F)c1)C(=O)O. The number of rotatable bonds is 5. The van der Waals surface area contributed by atoms with E-state index in [-0.39, 0.29) is 12.4 Å². The van der Waals surface area contributed by atoms with Crippen molar-refractivity contribution >= 4 is 18.0 Å². The van der Waals surface area contributed by atoms with Crippen molar-refractivity contribution in [1.29, 1.82) is 0 Å². The molecule has 0 spiro atoms. The third-order valence-corrected chi connectivity index (χ3v) is 2.28. The van der Waals surface area contributed by atoms with Gasteiger partial charge in [0.15, 0.2) is 0 Å². The van der Waals surface area contributed by atoms with Gasteiger partial charge in [0.1, 0.15) is 5.82 Å². The summed E-state index contributed by atoms with van der Waals surface area (Å²) in [6.45, 7) is 1.56. The normalized spacial score (nSPS) is 12.3. The Morgan fingerprint density at radius 1 is 1.50 bits per heavy atom. The van der Waals surface area contributed by atoms with Crippen LogP contribution in [0.15, 0.2) is 30.3 Å². The van der Waals surface area contributed by atoms with Crippen molar-refractivity contribution in [3.05, 3.63) is 41.7 Å². The molecular weight excluding hydrogens is 237 g/mol. The maximum absolute atomic E-state index is 12.8. The predicted octanol–water partition coefficient (Wildman–Crippen LogP) is 1.68. The first kappa shape index (κ1) is 13.9. The van der Waals surface area contributed by atoms with Gasteiger partial charge in [-0.2, -0.15) is 0 Å². The fourth-order valence-electron chi connectivity index (χ4n) is 1.18. The average molecular weight is 251 g/mol. The lowest BCUT2D eigenvalue weighted by atomic mass is 10.2. The van der Waals surface area contributed by atoms with E-state index in [4.69, 9.17) is 5.11 Å². The van der Waals surface area contributed by atoms with E-state index in [1.54, 1.807) is 12.1 Å². The molecule has 0 heterocycles. The number of carboxylic acids is 1. The minimum absolute atomic E-state index is 0.0572. The van der Waals surface area contributed by atoms with Crippen molar-refractivity contribution in [2.75, 3.05) is 6.54 Å². The van der Waals surface area contributed by atoms with Crippen LogP contribution in [0.4, 0.5) is 4.39 Å². The van der Waals surface area contributed by atoms with E-state index in [1.807, 2.05) is 0 Å². The fourth-order valence-corrected chi connectivity index (χ4v) is 1.18. The van der Waals surface area contributed by atoms with Gasteiger partial charge in [0, 0.05) is 12.6 Å². The molecule has 0 fully saturated rings. The second kappa shape index (κ2) is 6.54. The molecule has 1 amide bonds. The lowest BCUT2D eigenvalue weighted by molar-refractivity contribution is -0.141. The molecule has 0 bridgehead atoms. The molecule has 1 atom stereocenters. The molecule has 0 aliphatic rings. The lowest BCUT2D eigenvalue weighted by Crippen LogP contribution is -2.30. The van der Waals surface area contributed by atoms with E-state index in [0.29, 0.717) is 5.56 Å². The van der Waals surface area contributed by atoms with Crippen molar-refractivity contribution in [3.63, 3.8) is 0 Å². The van der Waals surface area contributed by atoms with E-state index in [1.165, 1.54) is 31.2 Å². The van der Waals surface area contributed by atoms with E-state index in [9.17, 15) is 14.0 Å². The van der Waals surface area contributed by atoms with Gasteiger partial charge in [-0.3, -0.25) is 9.59 Å². The summed E-state index contributed by atoms with van der Waals surface area (Å²) < 4.78 is 12.8. The molecule has 0 saturated heterocycles. The summed E-state index contributed by atoms with van der Waals surface area (Å²) in [4.78, 5) is 21.9. The third kappa shape index (κ3) is 4.78. The highest BCUT2D eigenvalue weighted by atomic mass is 19.1. The van der Waals surface area contributed by atoms with Crippen LogP contribution in [0.25, 0.3) is 6.08 Å². The van der Waals surface area contributed by atoms with Crippen molar-refractivity contribution in [2.45, 2.75) is 6.92 Å². The number of nitrogens with one attached hydrogen (secondary N) is 1. The summed E-state index contributed by atoms with van der Waals surface area (Å²) in [6, 6.07) is 5.81. The van der Waals surface area contributed by atoms with Crippen LogP contribution in [0, 0.1) is 11.7 Å². The number of hydrogen-bond donors (Lipinski definition) is 2. The zero-order valence-corrected chi connectivity index (χ0v) is 9.89. The van der Waals surface area contributed by atoms with Gasteiger partial charge in [-0.15, -0.1) is 0 Å². The number of aliphatic carboxylic acids is 1. The summed E-state index contributed by atoms with van der Waals surface area (Å²) in [5.41, 5.74) is 0.566. The topological polar surface area (TPSA) is 66.4 Å². The van der Waals surface area contributed by atoms with Crippen molar-refractivity contribution in [2.24, 2.45) is 5.92 Å². The summed E-state index contributed by atoms with van der Waals surface area (Å²) in [6.07, 6.45) is 2.70. The molecule has 0 aliphatic carbocycles. The van der Waals surface area contributed by atoms with Crippen LogP contribution in [0.2, 0.25) is 0 Å². The van der Waals surface area contributed by atoms with Gasteiger partial charge in [-0.25, -0.2) is 4.39 Å². The summed E-state index contributed by atoms with van der Waals surface area (Å²) in [5, 5.41) is 11.1. The Morgan fingerprint density at radius 3 is 2.83 bits per heavy atom. The van der Waals surface area contributed by atoms with Crippen LogP contribution in [0.5, 0.6) is 0 Å². The highest BCUT2D eigenvalue weighted by molar-refractivity contribution is 5.91. The summed E-state index contributed by atoms with van der Waals surface area (Å²) in [7, 11) is 0. The largest absolute Gasteiger partial charge is 0.481 e. The van der Waals surface area contributed by atoms with Crippen molar-refractivity contribution in [3.8, 4) is 0 Å². The quantitative estimate of drug-likeness (QED) is 0.782. The number of halogens is 1. The van der Waals surface area contributed by atoms with Crippen LogP contribution >= 0.6 is 0 Å². The number of hydrogen-bond acceptors (Lipinski definition) is 2. The molecule has 1 rings (SSSR count). The molecule has 1 aromatic carbocycles. The second-order valence-corrected chi connectivity index (χ2v) is 3.87. The van der Waals surface area contributed by atoms with Crippen LogP contribution in [0.3, 0.4) is 0 Å². The lowest BCUT2D eigenvalue weighted by Gasteiger charge is -2.05. The average Bonchev–Trinajstić information content (AvgIpc) is 2.33. The highest BCUT2D eigenvalue weighted by Gasteiger charge is 2.10. The van der Waals surface area contributed by atoms with E-state index in [2.05, 4.69) is 5.32 Å². The smallest absolute Gasteiger partial charge is 0.308 e. The van der Waals surface area contributed by atoms with Crippen molar-refractivity contribution in [1.82, 2.24) is 5.32 Å². The first-order valence-electron chi connectivity index (χ1n) is 5.43. The Labute approximate surface area is 104 Å². The maximum atomic E-state index is 12.8. The number of amides is 1. The Kier molecular flexibility index (Phi) is 5.05. The fraction of sp³-hybridized carbons (Fsp3) is 0.231. The zero-order chi connectivity index (χ0) is 13.5. The van der Waals surface area contributed by atoms with Gasteiger partial charge in [0.2, 0.25) is 5.91 Å². The Bertz CT molecular complexity index is 471. The molecule has 96 valence electrons. The van der Waals surface area contributed by atoms with E-state index < -0.39 is 17.8 Å². The molecule has 2 N–H and O–H groups in total. The van der Waals surface area contributed by atoms with Crippen molar-refractivity contribution < 1.29 is 19.1 Å². The molecule has 4 nitrogen and oxygen atoms in total. The van der Waals surface area contributed by atoms with Gasteiger partial charge in [0.25, 0.3) is 0 Å². The molecule has 0 saturated carbocycles. The standard InChI is InChI=1S/C13H14FNO3/c1-9(13(17)18)8-15-12(16)6-5-10-3-2-4-11(14)7-10/h2-7,9H,8H2,1H3,(H,15,16)(H,17,18). The number of benzene rings is 1. The summed E-state index contributed by atoms with van der Waals surface area (Å²) in [5.74, 6) is -2.40. The summed E-state index contributed by atoms with van der Waals surface area (Å²) >= 11 is 0. The Hall–Kier alpha value is -2.17. The minimum atomic E-state index is -0.968. The molecule has 1 unspecified atom stereocenters. The second-order valence-electron chi connectivity index (χ2n) is 3.87. The third-order valence-electron chi connectivity index (χ3n) is 2.28. The van der Waals surface area contributed by atoms with Gasteiger partial charge in [0.05, 0.1) is 5.92 Å². The number of carbonyl (C=O) groups is 2. The first-order valence-corrected chi connectivity index (χ1v) is 5.43. The first-order chi connectivity index (χ1) is 8.49. The zero-order valence-electron chi connectivity index (χ0n) is 9.89. The van der Waals surface area contributed by atoms with E-state index in [0.717, 1.165) is 0 Å². The van der Waals surface area contributed by atoms with Crippen LogP contribution < -0.4 is 5.32 Å². The monoisotopic (exact) mass is 251 g/mol. The molecular formula is C13H14FNO3. The molecule has 0 aromatic heterocycles. The van der Waals surface area contributed by atoms with Gasteiger partial charge < -0.3 is 10.4 Å². The number of carboxylic acid groups (broad SMARTS) is 1. The maximum Gasteiger partial charge on any atom is 0.308 e. The van der Waals surface area contributed by atoms with Gasteiger partial charge in [-0.05, 0) is 23.8 Å². The van der Waals surface area contributed by atoms with Crippen LogP contribution in [0.1, 0.15) is 12.5 Å².